The van der Waals surface area contributed by atoms with Gasteiger partial charge in [-0.3, -0.25) is 0 Å². The first kappa shape index (κ1) is 12.9. The lowest BCUT2D eigenvalue weighted by Gasteiger charge is -2.17. The molecule has 1 atom stereocenters. The van der Waals surface area contributed by atoms with Crippen LogP contribution in [0.5, 0.6) is 0 Å². The summed E-state index contributed by atoms with van der Waals surface area (Å²) in [5.41, 5.74) is 0. The summed E-state index contributed by atoms with van der Waals surface area (Å²) in [6.45, 7) is 7.63. The average Bonchev–Trinajstić information content (AvgIpc) is 2.14. The summed E-state index contributed by atoms with van der Waals surface area (Å²) in [6, 6.07) is 0.441. The van der Waals surface area contributed by atoms with Crippen LogP contribution >= 0.6 is 0 Å². The van der Waals surface area contributed by atoms with Crippen LogP contribution in [0.3, 0.4) is 0 Å². The minimum absolute atomic E-state index is 0.441. The van der Waals surface area contributed by atoms with E-state index < -0.39 is 0 Å². The zero-order chi connectivity index (χ0) is 9.94. The third-order valence-electron chi connectivity index (χ3n) is 1.87. The highest BCUT2D eigenvalue weighted by molar-refractivity contribution is 4.64. The van der Waals surface area contributed by atoms with Crippen molar-refractivity contribution in [2.75, 3.05) is 33.5 Å². The van der Waals surface area contributed by atoms with Crippen LogP contribution in [-0.2, 0) is 9.47 Å². The summed E-state index contributed by atoms with van der Waals surface area (Å²) in [4.78, 5) is 0. The molecule has 3 heteroatoms. The summed E-state index contributed by atoms with van der Waals surface area (Å²) >= 11 is 0. The van der Waals surface area contributed by atoms with Gasteiger partial charge < -0.3 is 14.8 Å². The van der Waals surface area contributed by atoms with Crippen LogP contribution in [0.4, 0.5) is 0 Å². The van der Waals surface area contributed by atoms with E-state index in [1.165, 1.54) is 0 Å². The van der Waals surface area contributed by atoms with Crippen LogP contribution in [0, 0.1) is 0 Å². The molecule has 0 saturated carbocycles. The van der Waals surface area contributed by atoms with Gasteiger partial charge in [-0.2, -0.15) is 0 Å². The molecular formula is C10H23NO2. The Morgan fingerprint density at radius 3 is 2.62 bits per heavy atom. The number of rotatable bonds is 9. The highest BCUT2D eigenvalue weighted by Gasteiger charge is 2.05. The largest absolute Gasteiger partial charge is 0.383 e. The molecule has 0 aromatic rings. The predicted octanol–water partition coefficient (Wildman–Crippen LogP) is 1.43. The third kappa shape index (κ3) is 8.22. The van der Waals surface area contributed by atoms with Crippen LogP contribution in [0.15, 0.2) is 0 Å². The maximum absolute atomic E-state index is 5.29. The van der Waals surface area contributed by atoms with Crippen molar-refractivity contribution in [2.24, 2.45) is 0 Å². The molecular weight excluding hydrogens is 166 g/mol. The lowest BCUT2D eigenvalue weighted by molar-refractivity contribution is 0.111. The Morgan fingerprint density at radius 2 is 2.08 bits per heavy atom. The minimum atomic E-state index is 0.441. The lowest BCUT2D eigenvalue weighted by Crippen LogP contribution is -2.34. The Balaban J connectivity index is 3.41. The van der Waals surface area contributed by atoms with Gasteiger partial charge in [0.1, 0.15) is 0 Å². The van der Waals surface area contributed by atoms with E-state index in [-0.39, 0.29) is 0 Å². The summed E-state index contributed by atoms with van der Waals surface area (Å²) in [7, 11) is 1.74. The van der Waals surface area contributed by atoms with Crippen molar-refractivity contribution in [1.82, 2.24) is 5.32 Å². The summed E-state index contributed by atoms with van der Waals surface area (Å²) in [5, 5.41) is 3.42. The molecule has 0 rings (SSSR count). The zero-order valence-corrected chi connectivity index (χ0v) is 9.14. The van der Waals surface area contributed by atoms with Gasteiger partial charge in [0.15, 0.2) is 0 Å². The maximum Gasteiger partial charge on any atom is 0.0616 e. The number of methoxy groups -OCH3 is 1. The van der Waals surface area contributed by atoms with E-state index in [9.17, 15) is 0 Å². The second-order valence-corrected chi connectivity index (χ2v) is 3.09. The van der Waals surface area contributed by atoms with Gasteiger partial charge in [0.25, 0.3) is 0 Å². The molecule has 0 aliphatic carbocycles. The number of hydrogen-bond acceptors (Lipinski definition) is 3. The highest BCUT2D eigenvalue weighted by Crippen LogP contribution is 1.94. The topological polar surface area (TPSA) is 30.5 Å². The van der Waals surface area contributed by atoms with E-state index in [1.54, 1.807) is 7.11 Å². The fourth-order valence-corrected chi connectivity index (χ4v) is 1.16. The molecule has 3 nitrogen and oxygen atoms in total. The molecule has 0 aromatic carbocycles. The predicted molar refractivity (Wildman–Crippen MR) is 55.1 cm³/mol. The fraction of sp³-hybridized carbons (Fsp3) is 1.00. The van der Waals surface area contributed by atoms with Crippen molar-refractivity contribution < 1.29 is 9.47 Å². The SMILES string of the molecule is CCCNC(CCOCC)COC. The number of hydrogen-bond donors (Lipinski definition) is 1. The van der Waals surface area contributed by atoms with Crippen molar-refractivity contribution in [2.45, 2.75) is 32.7 Å². The molecule has 80 valence electrons. The van der Waals surface area contributed by atoms with E-state index in [0.29, 0.717) is 6.04 Å². The first-order valence-electron chi connectivity index (χ1n) is 5.15. The molecule has 0 spiro atoms. The van der Waals surface area contributed by atoms with Gasteiger partial charge in [-0.1, -0.05) is 6.92 Å². The Kier molecular flexibility index (Phi) is 9.87. The lowest BCUT2D eigenvalue weighted by atomic mass is 10.2. The molecule has 0 heterocycles. The van der Waals surface area contributed by atoms with Crippen LogP contribution < -0.4 is 5.32 Å². The molecule has 1 N–H and O–H groups in total. The standard InChI is InChI=1S/C10H23NO2/c1-4-7-11-10(9-12-3)6-8-13-5-2/h10-11H,4-9H2,1-3H3. The zero-order valence-electron chi connectivity index (χ0n) is 9.14. The number of nitrogens with one attached hydrogen (secondary N) is 1. The van der Waals surface area contributed by atoms with E-state index in [2.05, 4.69) is 12.2 Å². The van der Waals surface area contributed by atoms with Crippen LogP contribution in [0.1, 0.15) is 26.7 Å². The minimum Gasteiger partial charge on any atom is -0.383 e. The summed E-state index contributed by atoms with van der Waals surface area (Å²) in [5.74, 6) is 0. The van der Waals surface area contributed by atoms with Crippen molar-refractivity contribution in [1.29, 1.82) is 0 Å². The molecule has 1 unspecified atom stereocenters. The molecule has 0 amide bonds. The van der Waals surface area contributed by atoms with Crippen molar-refractivity contribution in [3.63, 3.8) is 0 Å². The molecule has 0 saturated heterocycles. The second-order valence-electron chi connectivity index (χ2n) is 3.09. The van der Waals surface area contributed by atoms with Gasteiger partial charge in [-0.05, 0) is 26.3 Å². The average molecular weight is 189 g/mol. The Bertz CT molecular complexity index is 98.9. The van der Waals surface area contributed by atoms with E-state index in [0.717, 1.165) is 39.2 Å². The molecule has 0 aliphatic heterocycles. The van der Waals surface area contributed by atoms with Gasteiger partial charge in [0.05, 0.1) is 6.61 Å². The molecule has 0 aliphatic rings. The van der Waals surface area contributed by atoms with Crippen LogP contribution in [-0.4, -0.2) is 39.5 Å². The first-order chi connectivity index (χ1) is 6.35. The maximum atomic E-state index is 5.29. The molecule has 0 radical (unpaired) electrons. The molecule has 0 bridgehead atoms. The normalized spacial score (nSPS) is 13.2. The van der Waals surface area contributed by atoms with Crippen molar-refractivity contribution in [3.05, 3.63) is 0 Å². The Morgan fingerprint density at radius 1 is 1.31 bits per heavy atom. The monoisotopic (exact) mass is 189 g/mol. The third-order valence-corrected chi connectivity index (χ3v) is 1.87. The quantitative estimate of drug-likeness (QED) is 0.557. The molecule has 13 heavy (non-hydrogen) atoms. The molecule has 0 aromatic heterocycles. The summed E-state index contributed by atoms with van der Waals surface area (Å²) in [6.07, 6.45) is 2.19. The van der Waals surface area contributed by atoms with E-state index in [4.69, 9.17) is 9.47 Å². The van der Waals surface area contributed by atoms with Gasteiger partial charge in [-0.25, -0.2) is 0 Å². The Labute approximate surface area is 81.8 Å². The molecule has 0 fully saturated rings. The number of ether oxygens (including phenoxy) is 2. The van der Waals surface area contributed by atoms with Gasteiger partial charge in [-0.15, -0.1) is 0 Å². The van der Waals surface area contributed by atoms with Gasteiger partial charge in [0, 0.05) is 26.4 Å². The van der Waals surface area contributed by atoms with Crippen LogP contribution in [0.2, 0.25) is 0 Å². The van der Waals surface area contributed by atoms with Crippen molar-refractivity contribution in [3.8, 4) is 0 Å². The van der Waals surface area contributed by atoms with E-state index in [1.807, 2.05) is 6.92 Å². The highest BCUT2D eigenvalue weighted by atomic mass is 16.5. The second kappa shape index (κ2) is 9.96. The Hall–Kier alpha value is -0.120. The smallest absolute Gasteiger partial charge is 0.0616 e. The van der Waals surface area contributed by atoms with E-state index >= 15 is 0 Å². The first-order valence-corrected chi connectivity index (χ1v) is 5.15. The van der Waals surface area contributed by atoms with Gasteiger partial charge in [0.2, 0.25) is 0 Å². The van der Waals surface area contributed by atoms with Crippen molar-refractivity contribution >= 4 is 0 Å². The van der Waals surface area contributed by atoms with Crippen LogP contribution in [0.25, 0.3) is 0 Å². The summed E-state index contributed by atoms with van der Waals surface area (Å²) < 4.78 is 10.4. The van der Waals surface area contributed by atoms with Gasteiger partial charge >= 0.3 is 0 Å². The fourth-order valence-electron chi connectivity index (χ4n) is 1.16.